The summed E-state index contributed by atoms with van der Waals surface area (Å²) in [6.45, 7) is -5.78. The van der Waals surface area contributed by atoms with Crippen molar-refractivity contribution in [2.45, 2.75) is 6.08 Å². The van der Waals surface area contributed by atoms with Crippen LogP contribution in [-0.2, 0) is 0 Å². The summed E-state index contributed by atoms with van der Waals surface area (Å²) >= 11 is 0. The van der Waals surface area contributed by atoms with E-state index in [2.05, 4.69) is 0 Å². The van der Waals surface area contributed by atoms with Gasteiger partial charge in [0.05, 0.1) is 7.45 Å². The summed E-state index contributed by atoms with van der Waals surface area (Å²) < 4.78 is 43.3. The van der Waals surface area contributed by atoms with E-state index in [4.69, 9.17) is 8.22 Å². The van der Waals surface area contributed by atoms with E-state index >= 15 is 0 Å². The average Bonchev–Trinajstić information content (AvgIpc) is 2.13. The van der Waals surface area contributed by atoms with Crippen LogP contribution in [-0.4, -0.2) is 23.7 Å². The van der Waals surface area contributed by atoms with Gasteiger partial charge in [-0.15, -0.1) is 0 Å². The third-order valence-electron chi connectivity index (χ3n) is 1.30. The van der Waals surface area contributed by atoms with Gasteiger partial charge in [-0.3, -0.25) is 0 Å². The highest BCUT2D eigenvalue weighted by Crippen LogP contribution is 2.17. The summed E-state index contributed by atoms with van der Waals surface area (Å²) in [4.78, 5) is 0. The van der Waals surface area contributed by atoms with Crippen LogP contribution >= 0.6 is 0 Å². The van der Waals surface area contributed by atoms with Crippen molar-refractivity contribution in [2.24, 2.45) is 0 Å². The molecule has 1 rings (SSSR count). The zero-order valence-electron chi connectivity index (χ0n) is 12.2. The van der Waals surface area contributed by atoms with Gasteiger partial charge in [0, 0.05) is 13.4 Å². The van der Waals surface area contributed by atoms with Gasteiger partial charge >= 0.3 is 0 Å². The van der Waals surface area contributed by atoms with Gasteiger partial charge in [0.25, 0.3) is 0 Å². The Labute approximate surface area is 80.1 Å². The van der Waals surface area contributed by atoms with Crippen molar-refractivity contribution in [2.75, 3.05) is 13.5 Å². The minimum atomic E-state index is -2.92. The lowest BCUT2D eigenvalue weighted by Crippen LogP contribution is -2.16. The molecule has 0 radical (unpaired) electrons. The van der Waals surface area contributed by atoms with Crippen LogP contribution in [0.1, 0.15) is 19.9 Å². The number of phenolic OH excluding ortho intramolecular Hbond substituents is 1. The Balaban J connectivity index is 3.12. The Morgan fingerprint density at radius 3 is 3.33 bits per heavy atom. The topological polar surface area (TPSA) is 52.5 Å². The van der Waals surface area contributed by atoms with Gasteiger partial charge in [-0.05, 0) is 24.7 Å². The Morgan fingerprint density at radius 2 is 2.67 bits per heavy atom. The molecule has 0 unspecified atom stereocenters. The lowest BCUT2D eigenvalue weighted by Gasteiger charge is -2.09. The summed E-state index contributed by atoms with van der Waals surface area (Å²) in [7, 11) is 0. The highest BCUT2D eigenvalue weighted by Gasteiger charge is 2.05. The number of aliphatic hydroxyl groups is 1. The van der Waals surface area contributed by atoms with Crippen LogP contribution < -0.4 is 5.32 Å². The number of hydrogen-bond donors (Lipinski definition) is 3. The predicted molar refractivity (Wildman–Crippen MR) is 47.0 cm³/mol. The van der Waals surface area contributed by atoms with Crippen molar-refractivity contribution in [3.8, 4) is 5.75 Å². The van der Waals surface area contributed by atoms with Gasteiger partial charge in [-0.2, -0.15) is 0 Å². The number of rotatable bonds is 3. The smallest absolute Gasteiger partial charge is 0.115 e. The molecule has 3 N–H and O–H groups in total. The zero-order chi connectivity index (χ0) is 14.2. The fourth-order valence-electron chi connectivity index (χ4n) is 0.785. The second-order valence-corrected chi connectivity index (χ2v) is 2.15. The first-order valence-corrected chi connectivity index (χ1v) is 3.27. The molecule has 0 saturated heterocycles. The van der Waals surface area contributed by atoms with E-state index in [-0.39, 0.29) is 11.3 Å². The van der Waals surface area contributed by atoms with E-state index in [0.29, 0.717) is 0 Å². The molecule has 1 atom stereocenters. The van der Waals surface area contributed by atoms with Crippen LogP contribution in [0.2, 0.25) is 0 Å². The molecule has 0 aliphatic heterocycles. The minimum Gasteiger partial charge on any atom is -0.508 e. The SMILES string of the molecule is [2H]C([2H])([2H])NC([2H])([2H])[C@]([2H])(O)c1cccc(O)c1. The van der Waals surface area contributed by atoms with Gasteiger partial charge in [-0.25, -0.2) is 0 Å². The van der Waals surface area contributed by atoms with Gasteiger partial charge in [0.15, 0.2) is 0 Å². The molecule has 3 heteroatoms. The number of benzene rings is 1. The molecule has 66 valence electrons. The van der Waals surface area contributed by atoms with E-state index in [1.54, 1.807) is 5.32 Å². The van der Waals surface area contributed by atoms with Crippen LogP contribution in [0.3, 0.4) is 0 Å². The highest BCUT2D eigenvalue weighted by atomic mass is 16.3. The highest BCUT2D eigenvalue weighted by molar-refractivity contribution is 5.28. The number of aromatic hydroxyl groups is 1. The minimum absolute atomic E-state index is 0.260. The molecule has 1 aromatic rings. The summed E-state index contributed by atoms with van der Waals surface area (Å²) in [5.41, 5.74) is -0.260. The molecule has 0 bridgehead atoms. The van der Waals surface area contributed by atoms with Crippen molar-refractivity contribution < 1.29 is 18.4 Å². The average molecular weight is 173 g/mol. The Morgan fingerprint density at radius 1 is 1.83 bits per heavy atom. The molecule has 0 saturated carbocycles. The quantitative estimate of drug-likeness (QED) is 0.629. The van der Waals surface area contributed by atoms with Gasteiger partial charge in [-0.1, -0.05) is 12.1 Å². The monoisotopic (exact) mass is 173 g/mol. The van der Waals surface area contributed by atoms with Crippen molar-refractivity contribution in [1.29, 1.82) is 0 Å². The van der Waals surface area contributed by atoms with Crippen molar-refractivity contribution in [3.05, 3.63) is 29.8 Å². The van der Waals surface area contributed by atoms with Crippen LogP contribution in [0.25, 0.3) is 0 Å². The van der Waals surface area contributed by atoms with E-state index < -0.39 is 19.6 Å². The van der Waals surface area contributed by atoms with E-state index in [9.17, 15) is 10.2 Å². The van der Waals surface area contributed by atoms with E-state index in [1.807, 2.05) is 0 Å². The normalized spacial score (nSPS) is 25.1. The number of likely N-dealkylation sites (N-methyl/N-ethyl adjacent to an activating group) is 1. The molecular weight excluding hydrogens is 154 g/mol. The maximum atomic E-state index is 9.87. The summed E-state index contributed by atoms with van der Waals surface area (Å²) in [5.74, 6) is -0.261. The largest absolute Gasteiger partial charge is 0.508 e. The van der Waals surface area contributed by atoms with Crippen LogP contribution in [0.5, 0.6) is 5.75 Å². The predicted octanol–water partition coefficient (Wildman–Crippen LogP) is 0.645. The molecule has 0 aromatic heterocycles. The third-order valence-corrected chi connectivity index (χ3v) is 1.30. The molecule has 0 heterocycles. The number of hydrogen-bond acceptors (Lipinski definition) is 3. The maximum absolute atomic E-state index is 9.87. The Hall–Kier alpha value is -1.06. The third kappa shape index (κ3) is 2.22. The summed E-state index contributed by atoms with van der Waals surface area (Å²) in [6.07, 6.45) is -2.86. The van der Waals surface area contributed by atoms with Crippen LogP contribution in [0.4, 0.5) is 0 Å². The van der Waals surface area contributed by atoms with E-state index in [1.165, 1.54) is 18.2 Å². The summed E-state index contributed by atoms with van der Waals surface area (Å²) in [6, 6.07) is 4.81. The number of nitrogens with one attached hydrogen (secondary N) is 1. The molecule has 0 aliphatic rings. The second-order valence-electron chi connectivity index (χ2n) is 2.15. The molecule has 0 aliphatic carbocycles. The van der Waals surface area contributed by atoms with Crippen molar-refractivity contribution in [3.63, 3.8) is 0 Å². The maximum Gasteiger partial charge on any atom is 0.115 e. The molecule has 3 nitrogen and oxygen atoms in total. The first kappa shape index (κ1) is 3.77. The molecule has 12 heavy (non-hydrogen) atoms. The Bertz CT molecular complexity index is 431. The fraction of sp³-hybridized carbons (Fsp3) is 0.333. The van der Waals surface area contributed by atoms with Crippen molar-refractivity contribution in [1.82, 2.24) is 5.32 Å². The first-order chi connectivity index (χ1) is 7.96. The second kappa shape index (κ2) is 4.09. The van der Waals surface area contributed by atoms with Crippen molar-refractivity contribution >= 4 is 0 Å². The molecule has 0 spiro atoms. The van der Waals surface area contributed by atoms with E-state index in [0.717, 1.165) is 6.07 Å². The van der Waals surface area contributed by atoms with Gasteiger partial charge < -0.3 is 15.5 Å². The molecule has 1 aromatic carbocycles. The molecule has 0 amide bonds. The van der Waals surface area contributed by atoms with Crippen LogP contribution in [0, 0.1) is 0 Å². The molecular formula is C9H13NO2. The summed E-state index contributed by atoms with van der Waals surface area (Å²) in [5, 5.41) is 20.7. The van der Waals surface area contributed by atoms with Gasteiger partial charge in [0.1, 0.15) is 5.75 Å². The lowest BCUT2D eigenvalue weighted by molar-refractivity contribution is 0.177. The zero-order valence-corrected chi connectivity index (χ0v) is 6.20. The Kier molecular flexibility index (Phi) is 1.28. The fourth-order valence-corrected chi connectivity index (χ4v) is 0.785. The van der Waals surface area contributed by atoms with Crippen LogP contribution in [0.15, 0.2) is 24.3 Å². The lowest BCUT2D eigenvalue weighted by atomic mass is 10.1. The first-order valence-electron chi connectivity index (χ1n) is 6.27. The molecule has 0 fully saturated rings. The standard InChI is InChI=1S/C9H13NO2/c1-10-6-9(12)7-3-2-4-8(11)5-7/h2-5,9-12H,6H2,1H3/t9-/m0/s1/i1D3,6D2,9D. The van der Waals surface area contributed by atoms with Gasteiger partial charge in [0.2, 0.25) is 0 Å². The number of phenols is 1.